The number of carbonyl (C=O) groups excluding carboxylic acids is 3. The summed E-state index contributed by atoms with van der Waals surface area (Å²) in [5.41, 5.74) is -0.776. The lowest BCUT2D eigenvalue weighted by Gasteiger charge is -2.72. The van der Waals surface area contributed by atoms with Crippen LogP contribution < -0.4 is 0 Å². The minimum absolute atomic E-state index is 0.0205. The van der Waals surface area contributed by atoms with Crippen molar-refractivity contribution < 1.29 is 14.4 Å². The first-order valence-corrected chi connectivity index (χ1v) is 16.6. The Kier molecular flexibility index (Phi) is 6.58. The van der Waals surface area contributed by atoms with E-state index in [4.69, 9.17) is 0 Å². The summed E-state index contributed by atoms with van der Waals surface area (Å²) in [5, 5.41) is 9.97. The van der Waals surface area contributed by atoms with Gasteiger partial charge in [0.15, 0.2) is 5.78 Å². The van der Waals surface area contributed by atoms with E-state index in [2.05, 4.69) is 40.7 Å². The average Bonchev–Trinajstić information content (AvgIpc) is 2.88. The second-order valence-corrected chi connectivity index (χ2v) is 16.7. The number of ketones is 2. The molecular formula is C36H52N2O3. The molecule has 0 aromatic rings. The van der Waals surface area contributed by atoms with Crippen LogP contribution in [-0.2, 0) is 14.4 Å². The number of likely N-dealkylation sites (tertiary alicyclic amines) is 1. The Morgan fingerprint density at radius 1 is 0.976 bits per heavy atom. The van der Waals surface area contributed by atoms with Gasteiger partial charge in [0.1, 0.15) is 11.9 Å². The van der Waals surface area contributed by atoms with Gasteiger partial charge in [0.05, 0.1) is 5.57 Å². The number of rotatable bonds is 3. The smallest absolute Gasteiger partial charge is 0.222 e. The molecule has 0 bridgehead atoms. The fourth-order valence-corrected chi connectivity index (χ4v) is 12.2. The third kappa shape index (κ3) is 3.73. The Morgan fingerprint density at radius 3 is 2.32 bits per heavy atom. The highest BCUT2D eigenvalue weighted by molar-refractivity contribution is 6.04. The molecule has 6 rings (SSSR count). The van der Waals surface area contributed by atoms with Crippen molar-refractivity contribution in [3.63, 3.8) is 0 Å². The van der Waals surface area contributed by atoms with Crippen molar-refractivity contribution in [1.82, 2.24) is 4.90 Å². The molecule has 0 radical (unpaired) electrons. The van der Waals surface area contributed by atoms with E-state index in [0.717, 1.165) is 58.0 Å². The summed E-state index contributed by atoms with van der Waals surface area (Å²) >= 11 is 0. The quantitative estimate of drug-likeness (QED) is 0.367. The van der Waals surface area contributed by atoms with E-state index in [1.54, 1.807) is 0 Å². The van der Waals surface area contributed by atoms with Crippen molar-refractivity contribution in [1.29, 1.82) is 5.26 Å². The first-order valence-electron chi connectivity index (χ1n) is 16.6. The number of carbonyl (C=O) groups is 3. The monoisotopic (exact) mass is 560 g/mol. The van der Waals surface area contributed by atoms with Gasteiger partial charge in [-0.25, -0.2) is 0 Å². The molecule has 1 saturated heterocycles. The SMILES string of the molecule is C[C@@H]1[C@H]2[C@H]3C(=O)CC4[C@@]5(C)C=C(C#N)C(=O)C(C)(C)[C@@H]5CC[C@@]4(C)[C@]3(C)CC[C@@]2(CCC(=O)N2CCC2)CC[C@H]1C. The van der Waals surface area contributed by atoms with Gasteiger partial charge in [-0.1, -0.05) is 54.5 Å². The van der Waals surface area contributed by atoms with E-state index in [1.165, 1.54) is 6.42 Å². The normalized spacial score (nSPS) is 48.4. The molecule has 224 valence electrons. The summed E-state index contributed by atoms with van der Waals surface area (Å²) in [7, 11) is 0. The van der Waals surface area contributed by atoms with E-state index >= 15 is 0 Å². The van der Waals surface area contributed by atoms with Crippen LogP contribution in [0, 0.1) is 73.9 Å². The maximum atomic E-state index is 14.7. The minimum atomic E-state index is -0.602. The molecular weight excluding hydrogens is 508 g/mol. The molecule has 1 amide bonds. The molecule has 10 atom stereocenters. The number of Topliss-reactive ketones (excluding diaryl/α,β-unsaturated/α-hetero) is 2. The first kappa shape index (κ1) is 29.1. The molecule has 1 aliphatic heterocycles. The highest BCUT2D eigenvalue weighted by atomic mass is 16.2. The van der Waals surface area contributed by atoms with Gasteiger partial charge in [0, 0.05) is 37.3 Å². The van der Waals surface area contributed by atoms with Crippen molar-refractivity contribution in [3.8, 4) is 6.07 Å². The highest BCUT2D eigenvalue weighted by Gasteiger charge is 2.72. The molecule has 0 spiro atoms. The van der Waals surface area contributed by atoms with Crippen LogP contribution in [0.3, 0.4) is 0 Å². The zero-order chi connectivity index (χ0) is 29.8. The van der Waals surface area contributed by atoms with E-state index in [0.29, 0.717) is 47.9 Å². The van der Waals surface area contributed by atoms with Crippen LogP contribution in [0.25, 0.3) is 0 Å². The van der Waals surface area contributed by atoms with Crippen LogP contribution in [-0.4, -0.2) is 35.5 Å². The second-order valence-electron chi connectivity index (χ2n) is 16.7. The van der Waals surface area contributed by atoms with Crippen LogP contribution in [0.1, 0.15) is 113 Å². The lowest BCUT2D eigenvalue weighted by molar-refractivity contribution is -0.227. The Morgan fingerprint density at radius 2 is 1.68 bits per heavy atom. The van der Waals surface area contributed by atoms with Gasteiger partial charge < -0.3 is 4.90 Å². The summed E-state index contributed by atoms with van der Waals surface area (Å²) < 4.78 is 0. The number of fused-ring (bicyclic) bond motifs is 7. The van der Waals surface area contributed by atoms with Gasteiger partial charge in [-0.3, -0.25) is 14.4 Å². The van der Waals surface area contributed by atoms with E-state index in [9.17, 15) is 19.6 Å². The fraction of sp³-hybridized carbons (Fsp3) is 0.833. The average molecular weight is 561 g/mol. The van der Waals surface area contributed by atoms with Crippen molar-refractivity contribution in [2.24, 2.45) is 62.6 Å². The summed E-state index contributed by atoms with van der Waals surface area (Å²) in [5.74, 6) is 2.34. The van der Waals surface area contributed by atoms with Crippen molar-refractivity contribution in [2.75, 3.05) is 13.1 Å². The Labute approximate surface area is 247 Å². The summed E-state index contributed by atoms with van der Waals surface area (Å²) in [6.45, 7) is 17.8. The number of nitrogens with zero attached hydrogens (tertiary/aromatic N) is 2. The predicted molar refractivity (Wildman–Crippen MR) is 159 cm³/mol. The minimum Gasteiger partial charge on any atom is -0.343 e. The van der Waals surface area contributed by atoms with E-state index in [1.807, 2.05) is 24.8 Å². The zero-order valence-corrected chi connectivity index (χ0v) is 26.6. The summed E-state index contributed by atoms with van der Waals surface area (Å²) in [6.07, 6.45) is 11.7. The lowest BCUT2D eigenvalue weighted by Crippen LogP contribution is -2.69. The Balaban J connectivity index is 1.40. The van der Waals surface area contributed by atoms with Gasteiger partial charge in [-0.2, -0.15) is 5.26 Å². The topological polar surface area (TPSA) is 78.2 Å². The van der Waals surface area contributed by atoms with Gasteiger partial charge in [0.2, 0.25) is 5.91 Å². The van der Waals surface area contributed by atoms with E-state index < -0.39 is 5.41 Å². The first-order chi connectivity index (χ1) is 19.2. The number of allylic oxidation sites excluding steroid dienone is 2. The Hall–Kier alpha value is -1.96. The maximum absolute atomic E-state index is 14.7. The molecule has 5 nitrogen and oxygen atoms in total. The van der Waals surface area contributed by atoms with Crippen molar-refractivity contribution in [2.45, 2.75) is 113 Å². The third-order valence-corrected chi connectivity index (χ3v) is 15.1. The molecule has 4 saturated carbocycles. The molecule has 1 unspecified atom stereocenters. The number of hydrogen-bond acceptors (Lipinski definition) is 4. The number of hydrogen-bond donors (Lipinski definition) is 0. The Bertz CT molecular complexity index is 1240. The molecule has 0 aromatic heterocycles. The lowest BCUT2D eigenvalue weighted by atomic mass is 9.31. The van der Waals surface area contributed by atoms with Crippen LogP contribution in [0.15, 0.2) is 11.6 Å². The van der Waals surface area contributed by atoms with Crippen molar-refractivity contribution in [3.05, 3.63) is 11.6 Å². The van der Waals surface area contributed by atoms with Crippen LogP contribution in [0.2, 0.25) is 0 Å². The molecule has 1 heterocycles. The molecule has 5 heteroatoms. The van der Waals surface area contributed by atoms with Crippen LogP contribution in [0.5, 0.6) is 0 Å². The van der Waals surface area contributed by atoms with Gasteiger partial charge >= 0.3 is 0 Å². The largest absolute Gasteiger partial charge is 0.343 e. The number of nitriles is 1. The molecule has 5 fully saturated rings. The fourth-order valence-electron chi connectivity index (χ4n) is 12.2. The van der Waals surface area contributed by atoms with Gasteiger partial charge in [0.25, 0.3) is 0 Å². The number of amides is 1. The van der Waals surface area contributed by atoms with Gasteiger partial charge in [-0.15, -0.1) is 0 Å². The molecule has 5 aliphatic carbocycles. The molecule has 41 heavy (non-hydrogen) atoms. The van der Waals surface area contributed by atoms with Gasteiger partial charge in [-0.05, 0) is 103 Å². The zero-order valence-electron chi connectivity index (χ0n) is 26.6. The van der Waals surface area contributed by atoms with Crippen molar-refractivity contribution >= 4 is 17.5 Å². The third-order valence-electron chi connectivity index (χ3n) is 15.1. The standard InChI is InChI=1S/C36H52N2O3/c1-22-9-13-36(14-11-28(40)38-17-8-18-38)16-15-35(7)30(29(36)23(22)2)25(39)19-27-33(5)20-24(21-37)31(41)32(3,4)26(33)10-12-34(27,35)6/h20,22-23,26-27,29-30H,8-19H2,1-7H3/t22-,23+,26+,27?,29+,30-,33+,34-,35-,36+/m1/s1. The highest BCUT2D eigenvalue weighted by Crippen LogP contribution is 2.76. The molecule has 0 N–H and O–H groups in total. The summed E-state index contributed by atoms with van der Waals surface area (Å²) in [6, 6.07) is 2.24. The molecule has 0 aromatic carbocycles. The van der Waals surface area contributed by atoms with Crippen LogP contribution in [0.4, 0.5) is 0 Å². The predicted octanol–water partition coefficient (Wildman–Crippen LogP) is 7.15. The second kappa shape index (κ2) is 9.27. The van der Waals surface area contributed by atoms with E-state index in [-0.39, 0.29) is 45.2 Å². The van der Waals surface area contributed by atoms with Crippen LogP contribution >= 0.6 is 0 Å². The molecule has 6 aliphatic rings. The summed E-state index contributed by atoms with van der Waals surface area (Å²) in [4.78, 5) is 43.1. The maximum Gasteiger partial charge on any atom is 0.222 e.